The van der Waals surface area contributed by atoms with Gasteiger partial charge in [0.25, 0.3) is 0 Å². The molecule has 7 heteroatoms. The molecule has 0 unspecified atom stereocenters. The molecule has 2 rings (SSSR count). The van der Waals surface area contributed by atoms with Crippen LogP contribution < -0.4 is 5.32 Å². The molecule has 0 bridgehead atoms. The number of hydrogen-bond donors (Lipinski definition) is 2. The largest absolute Gasteiger partial charge is 0.480 e. The summed E-state index contributed by atoms with van der Waals surface area (Å²) in [5.74, 6) is -1.37. The third kappa shape index (κ3) is 3.91. The summed E-state index contributed by atoms with van der Waals surface area (Å²) in [6, 6.07) is 5.19. The topological polar surface area (TPSA) is 92.4 Å². The molecule has 0 aliphatic carbocycles. The van der Waals surface area contributed by atoms with Crippen LogP contribution in [0.4, 0.5) is 4.39 Å². The monoisotopic (exact) mass is 306 g/mol. The Bertz CT molecular complexity index is 684. The Kier molecular flexibility index (Phi) is 4.88. The van der Waals surface area contributed by atoms with Crippen molar-refractivity contribution in [1.82, 2.24) is 10.3 Å². The second-order valence-electron chi connectivity index (χ2n) is 4.73. The van der Waals surface area contributed by atoms with Crippen molar-refractivity contribution in [3.05, 3.63) is 42.2 Å². The lowest BCUT2D eigenvalue weighted by Gasteiger charge is -2.07. The highest BCUT2D eigenvalue weighted by atomic mass is 19.1. The number of aryl methyl sites for hydroxylation is 1. The van der Waals surface area contributed by atoms with Gasteiger partial charge >= 0.3 is 5.97 Å². The molecule has 1 heterocycles. The standard InChI is InChI=1S/C15H15FN2O4/c1-9(15(20)21)18-13(19)6-7-14-17-8-12(22-14)10-4-2-3-5-11(10)16/h2-5,8-9H,6-7H2,1H3,(H,18,19)(H,20,21)/t9-/m1/s1. The average Bonchev–Trinajstić information content (AvgIpc) is 2.94. The number of benzene rings is 1. The Morgan fingerprint density at radius 1 is 1.41 bits per heavy atom. The average molecular weight is 306 g/mol. The highest BCUT2D eigenvalue weighted by Crippen LogP contribution is 2.23. The molecule has 0 saturated heterocycles. The van der Waals surface area contributed by atoms with Gasteiger partial charge in [0.05, 0.1) is 11.8 Å². The highest BCUT2D eigenvalue weighted by molar-refractivity contribution is 5.83. The Morgan fingerprint density at radius 2 is 2.14 bits per heavy atom. The number of nitrogens with zero attached hydrogens (tertiary/aromatic N) is 1. The summed E-state index contributed by atoms with van der Waals surface area (Å²) in [5, 5.41) is 11.0. The predicted octanol–water partition coefficient (Wildman–Crippen LogP) is 2.00. The molecule has 1 aromatic carbocycles. The van der Waals surface area contributed by atoms with Crippen molar-refractivity contribution in [2.24, 2.45) is 0 Å². The van der Waals surface area contributed by atoms with Crippen LogP contribution in [0, 0.1) is 5.82 Å². The first kappa shape index (κ1) is 15.7. The third-order valence-electron chi connectivity index (χ3n) is 3.01. The van der Waals surface area contributed by atoms with Crippen molar-refractivity contribution in [3.63, 3.8) is 0 Å². The maximum absolute atomic E-state index is 13.6. The van der Waals surface area contributed by atoms with Crippen molar-refractivity contribution in [1.29, 1.82) is 0 Å². The number of carboxylic acid groups (broad SMARTS) is 1. The van der Waals surface area contributed by atoms with Gasteiger partial charge in [-0.2, -0.15) is 0 Å². The van der Waals surface area contributed by atoms with Gasteiger partial charge < -0.3 is 14.8 Å². The SMILES string of the molecule is C[C@@H](NC(=O)CCc1ncc(-c2ccccc2F)o1)C(=O)O. The van der Waals surface area contributed by atoms with Gasteiger partial charge in [-0.25, -0.2) is 9.37 Å². The summed E-state index contributed by atoms with van der Waals surface area (Å²) >= 11 is 0. The number of aliphatic carboxylic acids is 1. The van der Waals surface area contributed by atoms with Crippen LogP contribution in [-0.4, -0.2) is 28.0 Å². The van der Waals surface area contributed by atoms with E-state index in [0.29, 0.717) is 5.56 Å². The number of hydrogen-bond acceptors (Lipinski definition) is 4. The van der Waals surface area contributed by atoms with E-state index >= 15 is 0 Å². The number of nitrogens with one attached hydrogen (secondary N) is 1. The molecule has 0 fully saturated rings. The predicted molar refractivity (Wildman–Crippen MR) is 75.5 cm³/mol. The first-order chi connectivity index (χ1) is 10.5. The van der Waals surface area contributed by atoms with Crippen LogP contribution in [0.3, 0.4) is 0 Å². The maximum Gasteiger partial charge on any atom is 0.325 e. The molecule has 1 amide bonds. The van der Waals surface area contributed by atoms with E-state index in [4.69, 9.17) is 9.52 Å². The van der Waals surface area contributed by atoms with Gasteiger partial charge in [0.2, 0.25) is 5.91 Å². The van der Waals surface area contributed by atoms with Gasteiger partial charge in [-0.3, -0.25) is 9.59 Å². The van der Waals surface area contributed by atoms with E-state index in [1.54, 1.807) is 18.2 Å². The van der Waals surface area contributed by atoms with Crippen LogP contribution in [0.1, 0.15) is 19.2 Å². The van der Waals surface area contributed by atoms with Crippen LogP contribution in [0.15, 0.2) is 34.9 Å². The lowest BCUT2D eigenvalue weighted by Crippen LogP contribution is -2.38. The molecule has 1 atom stereocenters. The minimum Gasteiger partial charge on any atom is -0.480 e. The Morgan fingerprint density at radius 3 is 2.82 bits per heavy atom. The molecule has 0 saturated carbocycles. The number of rotatable bonds is 6. The van der Waals surface area contributed by atoms with Crippen molar-refractivity contribution < 1.29 is 23.5 Å². The second kappa shape index (κ2) is 6.84. The fourth-order valence-corrected chi connectivity index (χ4v) is 1.81. The second-order valence-corrected chi connectivity index (χ2v) is 4.73. The molecule has 2 aromatic rings. The molecule has 116 valence electrons. The van der Waals surface area contributed by atoms with Crippen molar-refractivity contribution in [2.75, 3.05) is 0 Å². The Hall–Kier alpha value is -2.70. The molecule has 0 spiro atoms. The van der Waals surface area contributed by atoms with E-state index in [9.17, 15) is 14.0 Å². The summed E-state index contributed by atoms with van der Waals surface area (Å²) in [4.78, 5) is 26.2. The summed E-state index contributed by atoms with van der Waals surface area (Å²) in [7, 11) is 0. The minimum atomic E-state index is -1.11. The smallest absolute Gasteiger partial charge is 0.325 e. The third-order valence-corrected chi connectivity index (χ3v) is 3.01. The molecule has 6 nitrogen and oxygen atoms in total. The molecular weight excluding hydrogens is 291 g/mol. The number of amides is 1. The van der Waals surface area contributed by atoms with Crippen LogP contribution in [0.5, 0.6) is 0 Å². The molecule has 2 N–H and O–H groups in total. The van der Waals surface area contributed by atoms with Crippen LogP contribution >= 0.6 is 0 Å². The van der Waals surface area contributed by atoms with Gasteiger partial charge in [0.1, 0.15) is 11.9 Å². The van der Waals surface area contributed by atoms with Gasteiger partial charge in [-0.05, 0) is 19.1 Å². The van der Waals surface area contributed by atoms with E-state index in [0.717, 1.165) is 0 Å². The zero-order valence-corrected chi connectivity index (χ0v) is 11.9. The van der Waals surface area contributed by atoms with E-state index < -0.39 is 23.7 Å². The van der Waals surface area contributed by atoms with E-state index in [-0.39, 0.29) is 24.5 Å². The number of carboxylic acids is 1. The van der Waals surface area contributed by atoms with E-state index in [2.05, 4.69) is 10.3 Å². The molecular formula is C15H15FN2O4. The summed E-state index contributed by atoms with van der Waals surface area (Å²) < 4.78 is 19.0. The number of halogens is 1. The first-order valence-corrected chi connectivity index (χ1v) is 6.69. The van der Waals surface area contributed by atoms with Crippen molar-refractivity contribution >= 4 is 11.9 Å². The van der Waals surface area contributed by atoms with E-state index in [1.807, 2.05) is 0 Å². The van der Waals surface area contributed by atoms with Gasteiger partial charge in [-0.15, -0.1) is 0 Å². The number of aromatic nitrogens is 1. The van der Waals surface area contributed by atoms with E-state index in [1.165, 1.54) is 19.2 Å². The normalized spacial score (nSPS) is 11.9. The fraction of sp³-hybridized carbons (Fsp3) is 0.267. The van der Waals surface area contributed by atoms with Crippen LogP contribution in [-0.2, 0) is 16.0 Å². The van der Waals surface area contributed by atoms with Crippen LogP contribution in [0.25, 0.3) is 11.3 Å². The maximum atomic E-state index is 13.6. The number of carbonyl (C=O) groups is 2. The minimum absolute atomic E-state index is 0.0366. The zero-order chi connectivity index (χ0) is 16.1. The molecule has 22 heavy (non-hydrogen) atoms. The van der Waals surface area contributed by atoms with Crippen molar-refractivity contribution in [2.45, 2.75) is 25.8 Å². The summed E-state index contributed by atoms with van der Waals surface area (Å²) in [6.45, 7) is 1.38. The lowest BCUT2D eigenvalue weighted by atomic mass is 10.2. The summed E-state index contributed by atoms with van der Waals surface area (Å²) in [6.07, 6.45) is 1.63. The Labute approximate surface area is 126 Å². The quantitative estimate of drug-likeness (QED) is 0.851. The fourth-order valence-electron chi connectivity index (χ4n) is 1.81. The van der Waals surface area contributed by atoms with Gasteiger partial charge in [0.15, 0.2) is 11.7 Å². The highest BCUT2D eigenvalue weighted by Gasteiger charge is 2.15. The zero-order valence-electron chi connectivity index (χ0n) is 11.9. The number of oxazole rings is 1. The van der Waals surface area contributed by atoms with Gasteiger partial charge in [-0.1, -0.05) is 12.1 Å². The first-order valence-electron chi connectivity index (χ1n) is 6.69. The number of carbonyl (C=O) groups excluding carboxylic acids is 1. The van der Waals surface area contributed by atoms with Crippen LogP contribution in [0.2, 0.25) is 0 Å². The molecule has 0 radical (unpaired) electrons. The molecule has 1 aromatic heterocycles. The molecule has 0 aliphatic rings. The summed E-state index contributed by atoms with van der Waals surface area (Å²) in [5.41, 5.74) is 0.296. The van der Waals surface area contributed by atoms with Gasteiger partial charge in [0, 0.05) is 12.8 Å². The lowest BCUT2D eigenvalue weighted by molar-refractivity contribution is -0.141. The Balaban J connectivity index is 1.94. The molecule has 0 aliphatic heterocycles. The van der Waals surface area contributed by atoms with Crippen molar-refractivity contribution in [3.8, 4) is 11.3 Å².